The van der Waals surface area contributed by atoms with E-state index in [-0.39, 0.29) is 0 Å². The monoisotopic (exact) mass is 890 g/mol. The summed E-state index contributed by atoms with van der Waals surface area (Å²) in [5.41, 5.74) is 20.7. The molecule has 1 atom stereocenters. The molecule has 11 aromatic carbocycles. The van der Waals surface area contributed by atoms with Crippen molar-refractivity contribution in [3.8, 4) is 27.9 Å². The molecule has 0 radical (unpaired) electrons. The minimum Gasteiger partial charge on any atom is -0.310 e. The van der Waals surface area contributed by atoms with Crippen LogP contribution in [0.15, 0.2) is 279 Å². The van der Waals surface area contributed by atoms with Crippen LogP contribution in [0.3, 0.4) is 0 Å². The van der Waals surface area contributed by atoms with E-state index >= 15 is 0 Å². The molecule has 1 heterocycles. The molecule has 2 heteroatoms. The minimum absolute atomic E-state index is 0.537. The highest BCUT2D eigenvalue weighted by molar-refractivity contribution is 6.11. The van der Waals surface area contributed by atoms with Gasteiger partial charge in [-0.05, 0) is 121 Å². The first-order valence-corrected chi connectivity index (χ1v) is 24.3. The quantitative estimate of drug-likeness (QED) is 0.148. The van der Waals surface area contributed by atoms with Crippen LogP contribution in [0.5, 0.6) is 0 Å². The zero-order valence-electron chi connectivity index (χ0n) is 38.5. The Morgan fingerprint density at radius 1 is 0.271 bits per heavy atom. The maximum absolute atomic E-state index is 2.51. The summed E-state index contributed by atoms with van der Waals surface area (Å²) in [5.74, 6) is 0. The van der Waals surface area contributed by atoms with Gasteiger partial charge in [-0.2, -0.15) is 0 Å². The Morgan fingerprint density at radius 3 is 1.27 bits per heavy atom. The van der Waals surface area contributed by atoms with Gasteiger partial charge in [-0.25, -0.2) is 0 Å². The second kappa shape index (κ2) is 15.8. The van der Waals surface area contributed by atoms with Gasteiger partial charge in [-0.1, -0.05) is 224 Å². The first-order valence-electron chi connectivity index (χ1n) is 24.3. The number of fused-ring (bicyclic) bond motifs is 9. The smallest absolute Gasteiger partial charge is 0.0734 e. The summed E-state index contributed by atoms with van der Waals surface area (Å²) in [5, 5.41) is 2.47. The molecule has 0 N–H and O–H groups in total. The van der Waals surface area contributed by atoms with E-state index in [9.17, 15) is 0 Å². The largest absolute Gasteiger partial charge is 0.310 e. The van der Waals surface area contributed by atoms with E-state index in [4.69, 9.17) is 0 Å². The van der Waals surface area contributed by atoms with Crippen molar-refractivity contribution in [3.05, 3.63) is 324 Å². The predicted molar refractivity (Wildman–Crippen MR) is 290 cm³/mol. The molecule has 12 aromatic rings. The van der Waals surface area contributed by atoms with Crippen LogP contribution in [0.2, 0.25) is 0 Å². The Bertz CT molecular complexity index is 3890. The Balaban J connectivity index is 1.06. The fourth-order valence-corrected chi connectivity index (χ4v) is 12.6. The summed E-state index contributed by atoms with van der Waals surface area (Å²) in [7, 11) is 0. The van der Waals surface area contributed by atoms with Gasteiger partial charge in [-0.3, -0.25) is 0 Å². The minimum atomic E-state index is -0.693. The molecule has 0 saturated heterocycles. The van der Waals surface area contributed by atoms with Crippen molar-refractivity contribution < 1.29 is 0 Å². The van der Waals surface area contributed by atoms with Crippen LogP contribution in [-0.4, -0.2) is 4.57 Å². The fourth-order valence-electron chi connectivity index (χ4n) is 12.6. The van der Waals surface area contributed by atoms with Gasteiger partial charge < -0.3 is 9.47 Å². The van der Waals surface area contributed by atoms with Crippen molar-refractivity contribution >= 4 is 38.9 Å². The van der Waals surface area contributed by atoms with Gasteiger partial charge in [0, 0.05) is 33.5 Å². The maximum Gasteiger partial charge on any atom is 0.0734 e. The Labute approximate surface area is 408 Å². The van der Waals surface area contributed by atoms with Gasteiger partial charge >= 0.3 is 0 Å². The Kier molecular flexibility index (Phi) is 9.06. The topological polar surface area (TPSA) is 8.17 Å². The maximum atomic E-state index is 2.51. The number of nitrogens with zero attached hydrogens (tertiary/aromatic N) is 2. The van der Waals surface area contributed by atoms with Gasteiger partial charge in [0.1, 0.15) is 0 Å². The Morgan fingerprint density at radius 2 is 0.686 bits per heavy atom. The number of rotatable bonds is 8. The molecular formula is C68H46N2. The van der Waals surface area contributed by atoms with Crippen LogP contribution in [0.4, 0.5) is 17.1 Å². The lowest BCUT2D eigenvalue weighted by Gasteiger charge is -2.36. The van der Waals surface area contributed by atoms with Crippen molar-refractivity contribution in [1.29, 1.82) is 0 Å². The average Bonchev–Trinajstić information content (AvgIpc) is 4.05. The molecule has 1 aromatic heterocycles. The van der Waals surface area contributed by atoms with Crippen LogP contribution in [-0.2, 0) is 10.8 Å². The molecule has 0 bridgehead atoms. The third-order valence-corrected chi connectivity index (χ3v) is 15.3. The molecule has 2 aliphatic carbocycles. The molecule has 328 valence electrons. The summed E-state index contributed by atoms with van der Waals surface area (Å²) < 4.78 is 2.50. The van der Waals surface area contributed by atoms with E-state index in [2.05, 4.69) is 289 Å². The summed E-state index contributed by atoms with van der Waals surface area (Å²) in [4.78, 5) is 2.48. The van der Waals surface area contributed by atoms with Gasteiger partial charge in [0.2, 0.25) is 0 Å². The van der Waals surface area contributed by atoms with Crippen LogP contribution < -0.4 is 4.90 Å². The van der Waals surface area contributed by atoms with Gasteiger partial charge in [-0.15, -0.1) is 0 Å². The van der Waals surface area contributed by atoms with Crippen molar-refractivity contribution in [2.45, 2.75) is 10.8 Å². The molecule has 1 unspecified atom stereocenters. The third kappa shape index (κ3) is 5.62. The lowest BCUT2D eigenvalue weighted by Crippen LogP contribution is -2.29. The number of anilines is 3. The summed E-state index contributed by atoms with van der Waals surface area (Å²) in [6.07, 6.45) is 0. The van der Waals surface area contributed by atoms with E-state index in [1.165, 1.54) is 88.6 Å². The van der Waals surface area contributed by atoms with Crippen molar-refractivity contribution in [2.75, 3.05) is 4.90 Å². The van der Waals surface area contributed by atoms with E-state index in [1.54, 1.807) is 0 Å². The molecule has 0 aliphatic heterocycles. The van der Waals surface area contributed by atoms with Crippen molar-refractivity contribution in [3.63, 3.8) is 0 Å². The third-order valence-electron chi connectivity index (χ3n) is 15.3. The SMILES string of the molecule is c1ccc(N(c2ccc3c(c2)C(c2ccccc2)(c2ccccc2)c2ccccc2-3)c2ccc3c(c2)C(c2ccccc2)(c2cccc4c5ccccc5n(-c5ccccc5)c24)c2ccccc2-3)cc1. The van der Waals surface area contributed by atoms with Crippen LogP contribution in [0.25, 0.3) is 49.7 Å². The van der Waals surface area contributed by atoms with E-state index < -0.39 is 10.8 Å². The van der Waals surface area contributed by atoms with Gasteiger partial charge in [0.25, 0.3) is 0 Å². The molecule has 0 amide bonds. The normalized spacial score (nSPS) is 15.0. The number of benzene rings is 11. The zero-order chi connectivity index (χ0) is 46.2. The van der Waals surface area contributed by atoms with E-state index in [0.29, 0.717) is 0 Å². The number of hydrogen-bond donors (Lipinski definition) is 0. The van der Waals surface area contributed by atoms with E-state index in [1.807, 2.05) is 0 Å². The second-order valence-corrected chi connectivity index (χ2v) is 18.7. The molecule has 2 nitrogen and oxygen atoms in total. The number of hydrogen-bond acceptors (Lipinski definition) is 1. The number of aromatic nitrogens is 1. The first kappa shape index (κ1) is 40.1. The fraction of sp³-hybridized carbons (Fsp3) is 0.0294. The summed E-state index contributed by atoms with van der Waals surface area (Å²) >= 11 is 0. The van der Waals surface area contributed by atoms with Gasteiger partial charge in [0.05, 0.1) is 21.9 Å². The molecule has 0 fully saturated rings. The summed E-state index contributed by atoms with van der Waals surface area (Å²) in [6.45, 7) is 0. The lowest BCUT2D eigenvalue weighted by molar-refractivity contribution is 0.768. The standard InChI is InChI=1S/C68H46N2/c1-6-23-47(24-7-1)67(48-25-8-2-9-26-48)60-37-19-16-33-54(60)56-43-41-52(45-63(56)67)69(50-29-12-4-13-30-50)53-42-44-57-55-34-17-20-38-61(55)68(64(57)46-53,49-27-10-3-11-28-49)62-39-22-36-59-58-35-18-21-40-65(58)70(66(59)62)51-31-14-5-15-32-51/h1-46H. The molecule has 14 rings (SSSR count). The van der Waals surface area contributed by atoms with E-state index in [0.717, 1.165) is 22.7 Å². The molecule has 0 saturated carbocycles. The van der Waals surface area contributed by atoms with Crippen LogP contribution in [0.1, 0.15) is 44.5 Å². The highest BCUT2D eigenvalue weighted by atomic mass is 15.1. The molecule has 2 aliphatic rings. The molecule has 0 spiro atoms. The summed E-state index contributed by atoms with van der Waals surface area (Å²) in [6, 6.07) is 104. The number of para-hydroxylation sites is 4. The lowest BCUT2D eigenvalue weighted by atomic mass is 9.67. The average molecular weight is 891 g/mol. The van der Waals surface area contributed by atoms with Crippen molar-refractivity contribution in [1.82, 2.24) is 4.57 Å². The van der Waals surface area contributed by atoms with Crippen LogP contribution >= 0.6 is 0 Å². The Hall–Kier alpha value is -8.98. The predicted octanol–water partition coefficient (Wildman–Crippen LogP) is 17.0. The second-order valence-electron chi connectivity index (χ2n) is 18.7. The van der Waals surface area contributed by atoms with Crippen LogP contribution in [0, 0.1) is 0 Å². The van der Waals surface area contributed by atoms with Gasteiger partial charge in [0.15, 0.2) is 0 Å². The molecule has 70 heavy (non-hydrogen) atoms. The molecular weight excluding hydrogens is 845 g/mol. The zero-order valence-corrected chi connectivity index (χ0v) is 38.5. The highest BCUT2D eigenvalue weighted by Gasteiger charge is 2.49. The first-order chi connectivity index (χ1) is 34.8. The van der Waals surface area contributed by atoms with Crippen molar-refractivity contribution in [2.24, 2.45) is 0 Å². The highest BCUT2D eigenvalue weighted by Crippen LogP contribution is 2.60.